The number of nitrogen functional groups attached to an aromatic ring is 1. The molecular weight excluding hydrogens is 234 g/mol. The smallest absolute Gasteiger partial charge is 0.319 e. The maximum absolute atomic E-state index is 5.53. The van der Waals surface area contributed by atoms with Crippen molar-refractivity contribution in [3.8, 4) is 6.01 Å². The number of rotatable bonds is 2. The van der Waals surface area contributed by atoms with E-state index in [1.54, 1.807) is 6.07 Å². The highest BCUT2D eigenvalue weighted by atomic mass is 79.9. The van der Waals surface area contributed by atoms with Crippen LogP contribution in [0.25, 0.3) is 0 Å². The molecule has 0 radical (unpaired) electrons. The van der Waals surface area contributed by atoms with Gasteiger partial charge >= 0.3 is 6.01 Å². The third-order valence-corrected chi connectivity index (χ3v) is 2.42. The summed E-state index contributed by atoms with van der Waals surface area (Å²) in [5.41, 5.74) is 5.53. The Morgan fingerprint density at radius 3 is 2.77 bits per heavy atom. The van der Waals surface area contributed by atoms with Crippen molar-refractivity contribution in [2.75, 3.05) is 5.73 Å². The number of nitrogens with zero attached hydrogens (tertiary/aromatic N) is 2. The first-order valence-corrected chi connectivity index (χ1v) is 5.00. The van der Waals surface area contributed by atoms with Crippen LogP contribution in [-0.4, -0.2) is 16.1 Å². The van der Waals surface area contributed by atoms with Crippen LogP contribution in [0, 0.1) is 0 Å². The van der Waals surface area contributed by atoms with Gasteiger partial charge in [-0.3, -0.25) is 0 Å². The van der Waals surface area contributed by atoms with Gasteiger partial charge in [-0.25, -0.2) is 0 Å². The Bertz CT molecular complexity index is 294. The van der Waals surface area contributed by atoms with Gasteiger partial charge in [-0.2, -0.15) is 9.97 Å². The number of anilines is 1. The molecule has 0 aromatic carbocycles. The quantitative estimate of drug-likeness (QED) is 0.805. The van der Waals surface area contributed by atoms with Gasteiger partial charge in [0.2, 0.25) is 0 Å². The lowest BCUT2D eigenvalue weighted by Gasteiger charge is -2.24. The minimum Gasteiger partial charge on any atom is -0.460 e. The highest BCUT2D eigenvalue weighted by Crippen LogP contribution is 2.24. The van der Waals surface area contributed by atoms with Gasteiger partial charge in [-0.05, 0) is 35.2 Å². The molecule has 1 heterocycles. The molecule has 1 aromatic heterocycles. The standard InChI is InChI=1S/C8H10BrN3O/c9-6-4-7(10)12-8(11-6)13-5-2-1-3-5/h4-5H,1-3H2,(H2,10,11,12). The first-order valence-electron chi connectivity index (χ1n) is 4.21. The van der Waals surface area contributed by atoms with E-state index in [2.05, 4.69) is 25.9 Å². The highest BCUT2D eigenvalue weighted by molar-refractivity contribution is 9.10. The van der Waals surface area contributed by atoms with Crippen LogP contribution in [0.4, 0.5) is 5.82 Å². The summed E-state index contributed by atoms with van der Waals surface area (Å²) in [6.45, 7) is 0. The average Bonchev–Trinajstić information content (AvgIpc) is 1.95. The lowest BCUT2D eigenvalue weighted by molar-refractivity contribution is 0.108. The minimum absolute atomic E-state index is 0.286. The Balaban J connectivity index is 2.10. The van der Waals surface area contributed by atoms with E-state index in [0.29, 0.717) is 16.4 Å². The second-order valence-electron chi connectivity index (χ2n) is 3.07. The van der Waals surface area contributed by atoms with Gasteiger partial charge in [-0.1, -0.05) is 0 Å². The average molecular weight is 244 g/mol. The first-order chi connectivity index (χ1) is 6.24. The highest BCUT2D eigenvalue weighted by Gasteiger charge is 2.20. The number of nitrogens with two attached hydrogens (primary N) is 1. The van der Waals surface area contributed by atoms with Crippen molar-refractivity contribution in [3.05, 3.63) is 10.7 Å². The molecule has 0 aliphatic heterocycles. The van der Waals surface area contributed by atoms with Gasteiger partial charge in [0.25, 0.3) is 0 Å². The molecular formula is C8H10BrN3O. The third kappa shape index (κ3) is 2.09. The van der Waals surface area contributed by atoms with E-state index in [4.69, 9.17) is 10.5 Å². The van der Waals surface area contributed by atoms with Crippen LogP contribution in [0.3, 0.4) is 0 Å². The summed E-state index contributed by atoms with van der Waals surface area (Å²) in [5, 5.41) is 0. The van der Waals surface area contributed by atoms with Crippen molar-refractivity contribution < 1.29 is 4.74 Å². The summed E-state index contributed by atoms with van der Waals surface area (Å²) in [4.78, 5) is 8.03. The van der Waals surface area contributed by atoms with Crippen LogP contribution in [0.2, 0.25) is 0 Å². The van der Waals surface area contributed by atoms with Crippen LogP contribution in [-0.2, 0) is 0 Å². The number of ether oxygens (including phenoxy) is 1. The van der Waals surface area contributed by atoms with E-state index in [-0.39, 0.29) is 6.10 Å². The fraction of sp³-hybridized carbons (Fsp3) is 0.500. The van der Waals surface area contributed by atoms with E-state index < -0.39 is 0 Å². The Morgan fingerprint density at radius 2 is 2.23 bits per heavy atom. The zero-order valence-electron chi connectivity index (χ0n) is 7.03. The predicted molar refractivity (Wildman–Crippen MR) is 52.4 cm³/mol. The van der Waals surface area contributed by atoms with Crippen LogP contribution < -0.4 is 10.5 Å². The number of hydrogen-bond donors (Lipinski definition) is 1. The minimum atomic E-state index is 0.286. The van der Waals surface area contributed by atoms with Crippen LogP contribution in [0.1, 0.15) is 19.3 Å². The number of halogens is 1. The summed E-state index contributed by atoms with van der Waals surface area (Å²) < 4.78 is 6.14. The van der Waals surface area contributed by atoms with Crippen molar-refractivity contribution in [1.29, 1.82) is 0 Å². The van der Waals surface area contributed by atoms with Crippen molar-refractivity contribution in [2.24, 2.45) is 0 Å². The third-order valence-electron chi connectivity index (χ3n) is 2.02. The van der Waals surface area contributed by atoms with Gasteiger partial charge in [0.1, 0.15) is 16.5 Å². The predicted octanol–water partition coefficient (Wildman–Crippen LogP) is 1.75. The molecule has 0 amide bonds. The molecule has 4 nitrogen and oxygen atoms in total. The van der Waals surface area contributed by atoms with E-state index in [9.17, 15) is 0 Å². The lowest BCUT2D eigenvalue weighted by Crippen LogP contribution is -2.25. The van der Waals surface area contributed by atoms with Crippen molar-refractivity contribution in [3.63, 3.8) is 0 Å². The Morgan fingerprint density at radius 1 is 1.46 bits per heavy atom. The van der Waals surface area contributed by atoms with E-state index in [1.807, 2.05) is 0 Å². The lowest BCUT2D eigenvalue weighted by atomic mass is 9.96. The summed E-state index contributed by atoms with van der Waals surface area (Å²) in [7, 11) is 0. The molecule has 2 rings (SSSR count). The molecule has 1 aromatic rings. The summed E-state index contributed by atoms with van der Waals surface area (Å²) >= 11 is 3.23. The van der Waals surface area contributed by atoms with Gasteiger partial charge in [-0.15, -0.1) is 0 Å². The maximum Gasteiger partial charge on any atom is 0.319 e. The Labute approximate surface area is 84.6 Å². The van der Waals surface area contributed by atoms with Gasteiger partial charge in [0.15, 0.2) is 0 Å². The van der Waals surface area contributed by atoms with Crippen molar-refractivity contribution in [2.45, 2.75) is 25.4 Å². The summed E-state index contributed by atoms with van der Waals surface area (Å²) in [6, 6.07) is 2.02. The molecule has 1 fully saturated rings. The largest absolute Gasteiger partial charge is 0.460 e. The first kappa shape index (κ1) is 8.74. The second kappa shape index (κ2) is 3.49. The zero-order valence-corrected chi connectivity index (χ0v) is 8.62. The monoisotopic (exact) mass is 243 g/mol. The van der Waals surface area contributed by atoms with Gasteiger partial charge in [0.05, 0.1) is 0 Å². The fourth-order valence-corrected chi connectivity index (χ4v) is 1.49. The summed E-state index contributed by atoms with van der Waals surface area (Å²) in [5.74, 6) is 0.427. The molecule has 0 saturated heterocycles. The van der Waals surface area contributed by atoms with Crippen LogP contribution in [0.5, 0.6) is 6.01 Å². The maximum atomic E-state index is 5.53. The summed E-state index contributed by atoms with van der Waals surface area (Å²) in [6.07, 6.45) is 3.70. The van der Waals surface area contributed by atoms with Gasteiger partial charge in [0, 0.05) is 6.07 Å². The fourth-order valence-electron chi connectivity index (χ4n) is 1.10. The Kier molecular flexibility index (Phi) is 2.35. The van der Waals surface area contributed by atoms with Crippen molar-refractivity contribution in [1.82, 2.24) is 9.97 Å². The SMILES string of the molecule is Nc1cc(Br)nc(OC2CCC2)n1. The molecule has 0 spiro atoms. The normalized spacial score (nSPS) is 16.7. The van der Waals surface area contributed by atoms with Gasteiger partial charge < -0.3 is 10.5 Å². The van der Waals surface area contributed by atoms with E-state index in [1.165, 1.54) is 6.42 Å². The molecule has 0 bridgehead atoms. The molecule has 1 saturated carbocycles. The number of aromatic nitrogens is 2. The molecule has 13 heavy (non-hydrogen) atoms. The van der Waals surface area contributed by atoms with E-state index in [0.717, 1.165) is 12.8 Å². The molecule has 70 valence electrons. The molecule has 0 atom stereocenters. The second-order valence-corrected chi connectivity index (χ2v) is 3.88. The molecule has 1 aliphatic carbocycles. The van der Waals surface area contributed by atoms with Crippen LogP contribution >= 0.6 is 15.9 Å². The van der Waals surface area contributed by atoms with Crippen molar-refractivity contribution >= 4 is 21.7 Å². The zero-order chi connectivity index (χ0) is 9.26. The molecule has 5 heteroatoms. The van der Waals surface area contributed by atoms with E-state index >= 15 is 0 Å². The number of hydrogen-bond acceptors (Lipinski definition) is 4. The molecule has 2 N–H and O–H groups in total. The topological polar surface area (TPSA) is 61.0 Å². The molecule has 1 aliphatic rings. The van der Waals surface area contributed by atoms with Crippen LogP contribution in [0.15, 0.2) is 10.7 Å². The Hall–Kier alpha value is -0.840. The molecule has 0 unspecified atom stereocenters.